The Balaban J connectivity index is 1.91. The minimum Gasteiger partial charge on any atom is -0.493 e. The molecule has 9 heteroatoms. The molecule has 0 fully saturated rings. The van der Waals surface area contributed by atoms with Crippen molar-refractivity contribution in [2.24, 2.45) is 0 Å². The Morgan fingerprint density at radius 1 is 1.25 bits per heavy atom. The van der Waals surface area contributed by atoms with Gasteiger partial charge in [-0.3, -0.25) is 0 Å². The van der Waals surface area contributed by atoms with E-state index in [4.69, 9.17) is 31.9 Å². The molecule has 3 rings (SSSR count). The number of methoxy groups -OCH3 is 1. The zero-order chi connectivity index (χ0) is 23.1. The highest BCUT2D eigenvalue weighted by atomic mass is 35.5. The van der Waals surface area contributed by atoms with E-state index in [0.717, 1.165) is 5.56 Å². The van der Waals surface area contributed by atoms with Gasteiger partial charge < -0.3 is 20.3 Å². The number of hydrogen-bond acceptors (Lipinski definition) is 7. The fraction of sp³-hybridized carbons (Fsp3) is 0.174. The first-order valence-electron chi connectivity index (χ1n) is 9.56. The number of aromatic nitrogens is 2. The summed E-state index contributed by atoms with van der Waals surface area (Å²) in [6.45, 7) is 0.181. The number of allylic oxidation sites excluding steroid dienone is 1. The molecule has 0 aliphatic heterocycles. The first-order valence-corrected chi connectivity index (χ1v) is 9.93. The Morgan fingerprint density at radius 3 is 2.69 bits per heavy atom. The van der Waals surface area contributed by atoms with E-state index in [2.05, 4.69) is 11.2 Å². The molecule has 0 saturated carbocycles. The van der Waals surface area contributed by atoms with Gasteiger partial charge in [-0.2, -0.15) is 15.6 Å². The number of rotatable bonds is 8. The third-order valence-electron chi connectivity index (χ3n) is 4.63. The standard InChI is InChI=1S/C23H20ClN5O3/c1-31-21-11-15(6-7-20(21)32-14-16-4-2-3-5-19(16)24)10-17(12-25)22-18(13-26)23(27)29(28-22)8-9-30/h2-7,10-11,30H,8-9,14,27H2,1H3/b17-10-. The third kappa shape index (κ3) is 4.84. The highest BCUT2D eigenvalue weighted by Gasteiger charge is 2.19. The number of hydrogen-bond donors (Lipinski definition) is 2. The second kappa shape index (κ2) is 10.4. The van der Waals surface area contributed by atoms with E-state index in [0.29, 0.717) is 22.1 Å². The molecule has 1 heterocycles. The molecule has 0 aliphatic carbocycles. The van der Waals surface area contributed by atoms with Crippen molar-refractivity contribution in [2.75, 3.05) is 19.5 Å². The van der Waals surface area contributed by atoms with Crippen LogP contribution >= 0.6 is 11.6 Å². The first kappa shape index (κ1) is 22.7. The van der Waals surface area contributed by atoms with Crippen molar-refractivity contribution in [1.29, 1.82) is 10.5 Å². The number of nitrogen functional groups attached to an aromatic ring is 1. The van der Waals surface area contributed by atoms with Gasteiger partial charge in [0.15, 0.2) is 11.5 Å². The predicted molar refractivity (Wildman–Crippen MR) is 121 cm³/mol. The summed E-state index contributed by atoms with van der Waals surface area (Å²) in [5, 5.41) is 33.1. The lowest BCUT2D eigenvalue weighted by atomic mass is 10.1. The molecule has 3 aromatic rings. The molecule has 0 amide bonds. The maximum atomic E-state index is 9.67. The number of nitrogens with zero attached hydrogens (tertiary/aromatic N) is 4. The van der Waals surface area contributed by atoms with Gasteiger partial charge >= 0.3 is 0 Å². The Bertz CT molecular complexity index is 1240. The number of halogens is 1. The molecule has 1 aromatic heterocycles. The van der Waals surface area contributed by atoms with Gasteiger partial charge in [-0.05, 0) is 29.8 Å². The van der Waals surface area contributed by atoms with Gasteiger partial charge in [0.1, 0.15) is 35.8 Å². The fourth-order valence-electron chi connectivity index (χ4n) is 3.02. The number of aliphatic hydroxyl groups excluding tert-OH is 1. The number of nitriles is 2. The molecular weight excluding hydrogens is 430 g/mol. The molecule has 0 radical (unpaired) electrons. The lowest BCUT2D eigenvalue weighted by Crippen LogP contribution is -2.07. The highest BCUT2D eigenvalue weighted by Crippen LogP contribution is 2.32. The van der Waals surface area contributed by atoms with Crippen LogP contribution in [0.4, 0.5) is 5.82 Å². The largest absolute Gasteiger partial charge is 0.493 e. The van der Waals surface area contributed by atoms with Crippen molar-refractivity contribution < 1.29 is 14.6 Å². The SMILES string of the molecule is COc1cc(/C=C(/C#N)c2nn(CCO)c(N)c2C#N)ccc1OCc1ccccc1Cl. The molecule has 0 spiro atoms. The van der Waals surface area contributed by atoms with Crippen molar-refractivity contribution >= 4 is 29.1 Å². The van der Waals surface area contributed by atoms with Crippen LogP contribution in [0.15, 0.2) is 42.5 Å². The van der Waals surface area contributed by atoms with Crippen molar-refractivity contribution in [3.8, 4) is 23.6 Å². The Hall–Kier alpha value is -3.98. The van der Waals surface area contributed by atoms with Gasteiger partial charge in [0.25, 0.3) is 0 Å². The summed E-state index contributed by atoms with van der Waals surface area (Å²) < 4.78 is 12.6. The van der Waals surface area contributed by atoms with Crippen LogP contribution in [-0.4, -0.2) is 28.6 Å². The summed E-state index contributed by atoms with van der Waals surface area (Å²) in [5.41, 5.74) is 7.79. The van der Waals surface area contributed by atoms with Crippen molar-refractivity contribution in [3.63, 3.8) is 0 Å². The van der Waals surface area contributed by atoms with Crippen LogP contribution in [0, 0.1) is 22.7 Å². The van der Waals surface area contributed by atoms with E-state index >= 15 is 0 Å². The number of anilines is 1. The van der Waals surface area contributed by atoms with Gasteiger partial charge in [-0.1, -0.05) is 35.9 Å². The smallest absolute Gasteiger partial charge is 0.161 e. The van der Waals surface area contributed by atoms with Crippen LogP contribution in [0.25, 0.3) is 11.6 Å². The zero-order valence-corrected chi connectivity index (χ0v) is 18.0. The van der Waals surface area contributed by atoms with Gasteiger partial charge in [0, 0.05) is 10.6 Å². The second-order valence-corrected chi connectivity index (χ2v) is 7.03. The maximum Gasteiger partial charge on any atom is 0.161 e. The minimum atomic E-state index is -0.200. The van der Waals surface area contributed by atoms with Crippen molar-refractivity contribution in [2.45, 2.75) is 13.2 Å². The van der Waals surface area contributed by atoms with Crippen LogP contribution in [0.1, 0.15) is 22.4 Å². The molecular formula is C23H20ClN5O3. The van der Waals surface area contributed by atoms with E-state index in [1.165, 1.54) is 11.8 Å². The van der Waals surface area contributed by atoms with Crippen LogP contribution in [0.5, 0.6) is 11.5 Å². The molecule has 162 valence electrons. The van der Waals surface area contributed by atoms with E-state index < -0.39 is 0 Å². The molecule has 0 bridgehead atoms. The van der Waals surface area contributed by atoms with Gasteiger partial charge in [0.05, 0.1) is 25.8 Å². The highest BCUT2D eigenvalue weighted by molar-refractivity contribution is 6.31. The molecule has 32 heavy (non-hydrogen) atoms. The Labute approximate surface area is 190 Å². The number of nitrogens with two attached hydrogens (primary N) is 1. The zero-order valence-electron chi connectivity index (χ0n) is 17.2. The number of aliphatic hydroxyl groups is 1. The fourth-order valence-corrected chi connectivity index (χ4v) is 3.21. The molecule has 8 nitrogen and oxygen atoms in total. The molecule has 0 saturated heterocycles. The predicted octanol–water partition coefficient (Wildman–Crippen LogP) is 3.63. The van der Waals surface area contributed by atoms with E-state index in [9.17, 15) is 10.5 Å². The summed E-state index contributed by atoms with van der Waals surface area (Å²) in [6, 6.07) is 16.6. The summed E-state index contributed by atoms with van der Waals surface area (Å²) in [4.78, 5) is 0. The topological polar surface area (TPSA) is 130 Å². The van der Waals surface area contributed by atoms with Gasteiger partial charge in [0.2, 0.25) is 0 Å². The number of benzene rings is 2. The molecule has 3 N–H and O–H groups in total. The van der Waals surface area contributed by atoms with Gasteiger partial charge in [-0.15, -0.1) is 0 Å². The monoisotopic (exact) mass is 449 g/mol. The normalized spacial score (nSPS) is 11.0. The minimum absolute atomic E-state index is 0.0814. The van der Waals surface area contributed by atoms with Crippen LogP contribution < -0.4 is 15.2 Å². The quantitative estimate of drug-likeness (QED) is 0.502. The van der Waals surface area contributed by atoms with Crippen LogP contribution in [-0.2, 0) is 13.2 Å². The lowest BCUT2D eigenvalue weighted by molar-refractivity contribution is 0.270. The van der Waals surface area contributed by atoms with Crippen LogP contribution in [0.2, 0.25) is 5.02 Å². The Kier molecular flexibility index (Phi) is 7.35. The van der Waals surface area contributed by atoms with Crippen molar-refractivity contribution in [3.05, 3.63) is 69.9 Å². The molecule has 0 unspecified atom stereocenters. The van der Waals surface area contributed by atoms with E-state index in [-0.39, 0.29) is 42.4 Å². The summed E-state index contributed by atoms with van der Waals surface area (Å²) in [7, 11) is 1.52. The third-order valence-corrected chi connectivity index (χ3v) is 5.00. The van der Waals surface area contributed by atoms with E-state index in [1.54, 1.807) is 30.3 Å². The van der Waals surface area contributed by atoms with E-state index in [1.807, 2.05) is 24.3 Å². The van der Waals surface area contributed by atoms with Crippen LogP contribution in [0.3, 0.4) is 0 Å². The summed E-state index contributed by atoms with van der Waals surface area (Å²) in [5.74, 6) is 1.07. The average Bonchev–Trinajstić information content (AvgIpc) is 3.12. The molecule has 0 atom stereocenters. The Morgan fingerprint density at radius 2 is 2.03 bits per heavy atom. The number of ether oxygens (including phenoxy) is 2. The maximum absolute atomic E-state index is 9.67. The second-order valence-electron chi connectivity index (χ2n) is 6.63. The summed E-state index contributed by atoms with van der Waals surface area (Å²) >= 11 is 6.18. The molecule has 0 aliphatic rings. The first-order chi connectivity index (χ1) is 15.5. The van der Waals surface area contributed by atoms with Gasteiger partial charge in [-0.25, -0.2) is 4.68 Å². The van der Waals surface area contributed by atoms with Crippen molar-refractivity contribution in [1.82, 2.24) is 9.78 Å². The summed E-state index contributed by atoms with van der Waals surface area (Å²) in [6.07, 6.45) is 1.58. The lowest BCUT2D eigenvalue weighted by Gasteiger charge is -2.12. The average molecular weight is 450 g/mol. The molecule has 2 aromatic carbocycles.